The maximum atomic E-state index is 13.6. The molecule has 4 aromatic heterocycles. The molecule has 19 heteroatoms. The van der Waals surface area contributed by atoms with Crippen LogP contribution in [-0.2, 0) is 23.4 Å². The van der Waals surface area contributed by atoms with Crippen LogP contribution in [0.4, 0.5) is 0 Å². The van der Waals surface area contributed by atoms with Gasteiger partial charge in [-0.1, -0.05) is 89.0 Å². The second-order valence-electron chi connectivity index (χ2n) is 25.1. The van der Waals surface area contributed by atoms with Crippen molar-refractivity contribution in [2.45, 2.75) is 140 Å². The van der Waals surface area contributed by atoms with Crippen LogP contribution in [0.25, 0.3) is 87.2 Å². The van der Waals surface area contributed by atoms with Crippen molar-refractivity contribution in [1.82, 2.24) is 29.7 Å². The second kappa shape index (κ2) is 17.2. The number of imide groups is 2. The largest absolute Gasteiger partial charge is 0.411 e. The van der Waals surface area contributed by atoms with Crippen LogP contribution in [0.1, 0.15) is 115 Å². The lowest BCUT2D eigenvalue weighted by Crippen LogP contribution is -2.46. The molecule has 6 aromatic carbocycles. The second-order valence-corrected chi connectivity index (χ2v) is 31.7. The van der Waals surface area contributed by atoms with E-state index < -0.39 is 43.9 Å². The molecule has 414 valence electrons. The third kappa shape index (κ3) is 7.32. The summed E-state index contributed by atoms with van der Waals surface area (Å²) < 4.78 is 39.1. The molecule has 8 atom stereocenters. The van der Waals surface area contributed by atoms with Crippen LogP contribution in [0.2, 0.25) is 18.1 Å². The molecule has 0 unspecified atom stereocenters. The number of ether oxygens (including phenoxy) is 4. The SMILES string of the molecule is CC1(C)O[C@@H]2[C@H](O1)[C@@H](O)C[C@H]2n1c2ccccc2c2c3c(c4c5cc(Br)ccc5[nH]c4c21)C(=O)NC3=O.CC1(C)O[C@@H]2[C@H](O1)[C@@H](O[Si](C)(C)C(C)(C)C)C[C@H]2n1c2ccccc2c2c3c(c4c5cc(Br)ccc5[nH]c4c21)C(=O)NC3=O. The van der Waals surface area contributed by atoms with E-state index in [4.69, 9.17) is 23.4 Å². The molecule has 4 fully saturated rings. The number of para-hydroxylation sites is 2. The molecule has 6 aliphatic rings. The van der Waals surface area contributed by atoms with E-state index in [1.807, 2.05) is 107 Å². The number of halogens is 2. The van der Waals surface area contributed by atoms with Crippen molar-refractivity contribution in [2.24, 2.45) is 0 Å². The number of carbonyl (C=O) groups is 4. The normalized spacial score (nSPS) is 25.8. The Morgan fingerprint density at radius 1 is 0.568 bits per heavy atom. The van der Waals surface area contributed by atoms with Crippen LogP contribution < -0.4 is 10.6 Å². The fraction of sp³-hybridized carbons (Fsp3) is 0.355. The number of amides is 4. The van der Waals surface area contributed by atoms with Gasteiger partial charge in [-0.2, -0.15) is 0 Å². The minimum atomic E-state index is -2.15. The number of fused-ring (bicyclic) bond motifs is 22. The van der Waals surface area contributed by atoms with E-state index in [0.29, 0.717) is 40.5 Å². The predicted molar refractivity (Wildman–Crippen MR) is 320 cm³/mol. The van der Waals surface area contributed by atoms with Crippen LogP contribution in [0, 0.1) is 0 Å². The number of benzene rings is 6. The molecular formula is C62H58Br2N6O10Si. The van der Waals surface area contributed by atoms with Gasteiger partial charge in [0, 0.05) is 74.1 Å². The maximum Gasteiger partial charge on any atom is 0.259 e. The van der Waals surface area contributed by atoms with Crippen molar-refractivity contribution in [2.75, 3.05) is 0 Å². The first kappa shape index (κ1) is 51.6. The Labute approximate surface area is 481 Å². The molecule has 0 bridgehead atoms. The van der Waals surface area contributed by atoms with Gasteiger partial charge in [0.05, 0.1) is 68.6 Å². The van der Waals surface area contributed by atoms with Crippen molar-refractivity contribution in [3.63, 3.8) is 0 Å². The highest BCUT2D eigenvalue weighted by Gasteiger charge is 2.58. The summed E-state index contributed by atoms with van der Waals surface area (Å²) >= 11 is 7.17. The molecule has 81 heavy (non-hydrogen) atoms. The summed E-state index contributed by atoms with van der Waals surface area (Å²) in [5, 5.41) is 22.7. The number of hydrogen-bond donors (Lipinski definition) is 5. The van der Waals surface area contributed by atoms with Gasteiger partial charge < -0.3 is 47.6 Å². The smallest absolute Gasteiger partial charge is 0.259 e. The molecule has 16 rings (SSSR count). The Morgan fingerprint density at radius 2 is 0.975 bits per heavy atom. The summed E-state index contributed by atoms with van der Waals surface area (Å²) in [5.41, 5.74) is 8.61. The number of rotatable bonds is 4. The number of aromatic nitrogens is 4. The molecule has 16 nitrogen and oxygen atoms in total. The van der Waals surface area contributed by atoms with E-state index in [0.717, 1.165) is 90.8 Å². The van der Waals surface area contributed by atoms with Gasteiger partial charge in [0.15, 0.2) is 19.9 Å². The average molecular weight is 1240 g/mol. The van der Waals surface area contributed by atoms with E-state index >= 15 is 0 Å². The number of aromatic amines is 2. The van der Waals surface area contributed by atoms with Crippen molar-refractivity contribution < 1.29 is 47.7 Å². The first-order valence-electron chi connectivity index (χ1n) is 27.6. The van der Waals surface area contributed by atoms with Crippen LogP contribution in [0.3, 0.4) is 0 Å². The fourth-order valence-corrected chi connectivity index (χ4v) is 16.4. The van der Waals surface area contributed by atoms with Crippen molar-refractivity contribution in [1.29, 1.82) is 0 Å². The molecule has 2 aliphatic carbocycles. The highest BCUT2D eigenvalue weighted by Crippen LogP contribution is 2.54. The van der Waals surface area contributed by atoms with Crippen molar-refractivity contribution >= 4 is 151 Å². The fourth-order valence-electron chi connectivity index (χ4n) is 14.3. The Morgan fingerprint density at radius 3 is 1.44 bits per heavy atom. The molecule has 2 saturated carbocycles. The third-order valence-corrected chi connectivity index (χ3v) is 23.9. The molecule has 0 spiro atoms. The number of H-pyrrole nitrogens is 2. The number of carbonyl (C=O) groups excluding carboxylic acids is 4. The van der Waals surface area contributed by atoms with Crippen LogP contribution in [0.5, 0.6) is 0 Å². The summed E-state index contributed by atoms with van der Waals surface area (Å²) in [5.74, 6) is -3.11. The van der Waals surface area contributed by atoms with Gasteiger partial charge in [-0.05, 0) is 107 Å². The first-order chi connectivity index (χ1) is 38.4. The molecule has 5 N–H and O–H groups in total. The summed E-state index contributed by atoms with van der Waals surface area (Å²) in [6, 6.07) is 27.5. The molecule has 10 aromatic rings. The quantitative estimate of drug-likeness (QED) is 0.0834. The molecule has 4 aliphatic heterocycles. The Kier molecular flexibility index (Phi) is 10.9. The van der Waals surface area contributed by atoms with Gasteiger partial charge in [0.1, 0.15) is 24.4 Å². The number of nitrogens with one attached hydrogen (secondary N) is 4. The molecule has 0 radical (unpaired) electrons. The summed E-state index contributed by atoms with van der Waals surface area (Å²) in [6.07, 6.45) is -1.05. The monoisotopic (exact) mass is 1230 g/mol. The zero-order chi connectivity index (χ0) is 56.5. The van der Waals surface area contributed by atoms with E-state index in [1.165, 1.54) is 0 Å². The summed E-state index contributed by atoms with van der Waals surface area (Å²) in [7, 11) is -2.15. The van der Waals surface area contributed by atoms with E-state index in [2.05, 4.69) is 102 Å². The lowest BCUT2D eigenvalue weighted by atomic mass is 9.96. The van der Waals surface area contributed by atoms with E-state index in [-0.39, 0.29) is 53.4 Å². The van der Waals surface area contributed by atoms with E-state index in [1.54, 1.807) is 0 Å². The lowest BCUT2D eigenvalue weighted by molar-refractivity contribution is -0.165. The number of nitrogens with zero attached hydrogens (tertiary/aromatic N) is 2. The number of aliphatic hydroxyl groups excluding tert-OH is 1. The van der Waals surface area contributed by atoms with Crippen LogP contribution in [-0.4, -0.2) is 104 Å². The number of hydrogen-bond acceptors (Lipinski definition) is 10. The van der Waals surface area contributed by atoms with Gasteiger partial charge in [0.2, 0.25) is 0 Å². The lowest BCUT2D eigenvalue weighted by Gasteiger charge is -2.39. The Hall–Kier alpha value is -6.26. The zero-order valence-corrected chi connectivity index (χ0v) is 50.1. The molecule has 8 heterocycles. The molecular weight excluding hydrogens is 1180 g/mol. The minimum Gasteiger partial charge on any atom is -0.411 e. The topological polar surface area (TPSA) is 200 Å². The Bertz CT molecular complexity index is 4530. The predicted octanol–water partition coefficient (Wildman–Crippen LogP) is 12.8. The zero-order valence-electron chi connectivity index (χ0n) is 45.9. The average Bonchev–Trinajstić information content (AvgIpc) is 1.90. The van der Waals surface area contributed by atoms with Gasteiger partial charge in [-0.25, -0.2) is 0 Å². The maximum absolute atomic E-state index is 13.6. The highest BCUT2D eigenvalue weighted by molar-refractivity contribution is 9.10. The number of aliphatic hydroxyl groups is 1. The van der Waals surface area contributed by atoms with Crippen molar-refractivity contribution in [3.8, 4) is 0 Å². The standard InChI is InChI=1S/C34H36BrN3O5Si.C28H22BrN3O5/c1-33(2,3)44(6,7)43-22-15-21(29-30(22)42-34(4,5)41-29)38-20-11-9-8-10-17(20)24-26-25(31(39)37-32(26)40)23-18-14-16(35)12-13-19(18)36-27(23)28(24)38;1-28(2)36-24-16(10-17(33)25(24)37-28)32-15-6-4-3-5-12(15)19-21-20(26(34)31-27(21)35)18-13-9-11(29)7-8-14(13)30-22(18)23(19)32/h8-14,21-22,29-30,36H,15H2,1-7H3,(H,37,39,40);3-9,16-17,24-25,30,33H,10H2,1-2H3,(H,31,34,35)/t21-,22+,29+,30-;16-,17+,24+,25-/m11/s1. The van der Waals surface area contributed by atoms with Gasteiger partial charge in [0.25, 0.3) is 23.6 Å². The Balaban J connectivity index is 0.000000141. The summed E-state index contributed by atoms with van der Waals surface area (Å²) in [4.78, 5) is 60.7. The summed E-state index contributed by atoms with van der Waals surface area (Å²) in [6.45, 7) is 19.0. The highest BCUT2D eigenvalue weighted by atomic mass is 79.9. The van der Waals surface area contributed by atoms with Crippen molar-refractivity contribution in [3.05, 3.63) is 116 Å². The van der Waals surface area contributed by atoms with Crippen LogP contribution >= 0.6 is 31.9 Å². The molecule has 2 saturated heterocycles. The van der Waals surface area contributed by atoms with Gasteiger partial charge >= 0.3 is 0 Å². The first-order valence-corrected chi connectivity index (χ1v) is 32.1. The molecule has 4 amide bonds. The van der Waals surface area contributed by atoms with Gasteiger partial charge in [-0.15, -0.1) is 0 Å². The van der Waals surface area contributed by atoms with Crippen LogP contribution in [0.15, 0.2) is 93.9 Å². The minimum absolute atomic E-state index is 0.0354. The third-order valence-electron chi connectivity index (χ3n) is 18.4. The van der Waals surface area contributed by atoms with Gasteiger partial charge in [-0.3, -0.25) is 29.8 Å². The van der Waals surface area contributed by atoms with E-state index in [9.17, 15) is 24.3 Å².